The Kier molecular flexibility index (Phi) is 6.61. The first kappa shape index (κ1) is 20.5. The third kappa shape index (κ3) is 5.20. The average molecular weight is 418 g/mol. The van der Waals surface area contributed by atoms with E-state index in [-0.39, 0.29) is 25.2 Å². The molecule has 0 fully saturated rings. The van der Waals surface area contributed by atoms with Gasteiger partial charge in [-0.3, -0.25) is 4.79 Å². The second kappa shape index (κ2) is 9.34. The van der Waals surface area contributed by atoms with Gasteiger partial charge >= 0.3 is 5.97 Å². The summed E-state index contributed by atoms with van der Waals surface area (Å²) in [5.74, 6) is -0.481. The Morgan fingerprint density at radius 1 is 1.14 bits per heavy atom. The van der Waals surface area contributed by atoms with Crippen molar-refractivity contribution in [2.45, 2.75) is 12.5 Å². The summed E-state index contributed by atoms with van der Waals surface area (Å²) in [5.41, 5.74) is 0.834. The standard InChI is InChI=1S/C21H20ClNO6/c1-27-14-5-7-18-15(12-14)20(24)23-17(21(25)26)11-13-4-6-19(16(22)10-13)29-9-3-2-8-28-18/h2-7,10,12,17H,8-9,11H2,1H3,(H,23,24)(H,25,26)/t17-/m0/s1. The topological polar surface area (TPSA) is 94.1 Å². The number of benzene rings is 2. The lowest BCUT2D eigenvalue weighted by atomic mass is 10.0. The quantitative estimate of drug-likeness (QED) is 0.729. The maximum Gasteiger partial charge on any atom is 0.326 e. The van der Waals surface area contributed by atoms with E-state index in [1.807, 2.05) is 0 Å². The van der Waals surface area contributed by atoms with Gasteiger partial charge in [-0.15, -0.1) is 0 Å². The van der Waals surface area contributed by atoms with Gasteiger partial charge in [0.2, 0.25) is 0 Å². The maximum atomic E-state index is 12.8. The smallest absolute Gasteiger partial charge is 0.326 e. The third-order valence-corrected chi connectivity index (χ3v) is 4.60. The Balaban J connectivity index is 1.97. The van der Waals surface area contributed by atoms with E-state index in [2.05, 4.69) is 5.32 Å². The molecule has 4 rings (SSSR count). The van der Waals surface area contributed by atoms with Crippen LogP contribution in [0.15, 0.2) is 48.6 Å². The molecular formula is C21H20ClNO6. The molecule has 0 spiro atoms. The van der Waals surface area contributed by atoms with Crippen LogP contribution in [0.3, 0.4) is 0 Å². The number of carbonyl (C=O) groups is 2. The predicted molar refractivity (Wildman–Crippen MR) is 107 cm³/mol. The summed E-state index contributed by atoms with van der Waals surface area (Å²) in [4.78, 5) is 24.6. The number of hydrogen-bond acceptors (Lipinski definition) is 5. The molecule has 2 bridgehead atoms. The van der Waals surface area contributed by atoms with E-state index in [1.54, 1.807) is 42.5 Å². The van der Waals surface area contributed by atoms with Crippen molar-refractivity contribution in [3.05, 3.63) is 64.7 Å². The molecule has 152 valence electrons. The minimum Gasteiger partial charge on any atom is -0.497 e. The van der Waals surface area contributed by atoms with E-state index in [0.717, 1.165) is 0 Å². The number of rotatable bonds is 2. The second-order valence-electron chi connectivity index (χ2n) is 6.29. The molecule has 0 aliphatic carbocycles. The number of carboxylic acids is 1. The fourth-order valence-electron chi connectivity index (χ4n) is 2.81. The highest BCUT2D eigenvalue weighted by Gasteiger charge is 2.24. The van der Waals surface area contributed by atoms with Gasteiger partial charge in [0, 0.05) is 6.42 Å². The highest BCUT2D eigenvalue weighted by molar-refractivity contribution is 6.32. The SMILES string of the molecule is COc1ccc2c(c1)C(=O)N[C@H](C(=O)O)Cc1ccc(c(Cl)c1)OCC=CCO2. The molecule has 29 heavy (non-hydrogen) atoms. The minimum absolute atomic E-state index is 0.0567. The predicted octanol–water partition coefficient (Wildman–Crippen LogP) is 3.10. The molecule has 0 radical (unpaired) electrons. The summed E-state index contributed by atoms with van der Waals surface area (Å²) in [6.45, 7) is 0.487. The molecule has 0 saturated carbocycles. The summed E-state index contributed by atoms with van der Waals surface area (Å²) in [5, 5.41) is 12.5. The summed E-state index contributed by atoms with van der Waals surface area (Å²) in [7, 11) is 1.48. The Morgan fingerprint density at radius 2 is 1.83 bits per heavy atom. The summed E-state index contributed by atoms with van der Waals surface area (Å²) < 4.78 is 16.4. The number of fused-ring (bicyclic) bond motifs is 9. The van der Waals surface area contributed by atoms with Crippen molar-refractivity contribution in [3.8, 4) is 17.2 Å². The lowest BCUT2D eigenvalue weighted by molar-refractivity contribution is -0.139. The number of halogens is 1. The van der Waals surface area contributed by atoms with Crippen LogP contribution in [0.4, 0.5) is 0 Å². The normalized spacial score (nSPS) is 16.9. The monoisotopic (exact) mass is 417 g/mol. The lowest BCUT2D eigenvalue weighted by Crippen LogP contribution is -2.42. The first-order valence-corrected chi connectivity index (χ1v) is 9.26. The zero-order valence-electron chi connectivity index (χ0n) is 15.7. The summed E-state index contributed by atoms with van der Waals surface area (Å²) in [6, 6.07) is 8.65. The number of amides is 1. The van der Waals surface area contributed by atoms with Gasteiger partial charge in [0.05, 0.1) is 17.7 Å². The van der Waals surface area contributed by atoms with Crippen molar-refractivity contribution in [2.24, 2.45) is 0 Å². The first-order chi connectivity index (χ1) is 14.0. The number of ether oxygens (including phenoxy) is 3. The molecule has 2 N–H and O–H groups in total. The Labute approximate surface area is 172 Å². The molecule has 0 aromatic heterocycles. The van der Waals surface area contributed by atoms with Crippen molar-refractivity contribution in [1.82, 2.24) is 5.32 Å². The largest absolute Gasteiger partial charge is 0.497 e. The molecule has 1 atom stereocenters. The molecule has 1 amide bonds. The van der Waals surface area contributed by atoms with E-state index < -0.39 is 17.9 Å². The van der Waals surface area contributed by atoms with E-state index in [4.69, 9.17) is 25.8 Å². The van der Waals surface area contributed by atoms with Crippen molar-refractivity contribution in [3.63, 3.8) is 0 Å². The van der Waals surface area contributed by atoms with Crippen LogP contribution in [-0.2, 0) is 11.2 Å². The highest BCUT2D eigenvalue weighted by atomic mass is 35.5. The zero-order chi connectivity index (χ0) is 20.8. The number of nitrogens with one attached hydrogen (secondary N) is 1. The summed E-state index contributed by atoms with van der Waals surface area (Å²) >= 11 is 6.23. The van der Waals surface area contributed by atoms with Crippen LogP contribution in [0.2, 0.25) is 5.02 Å². The Hall–Kier alpha value is -3.19. The number of aliphatic carboxylic acids is 1. The van der Waals surface area contributed by atoms with Crippen LogP contribution in [0.25, 0.3) is 0 Å². The van der Waals surface area contributed by atoms with Crippen molar-refractivity contribution in [2.75, 3.05) is 20.3 Å². The molecule has 2 aliphatic heterocycles. The van der Waals surface area contributed by atoms with Crippen LogP contribution in [0, 0.1) is 0 Å². The third-order valence-electron chi connectivity index (χ3n) is 4.31. The van der Waals surface area contributed by atoms with Crippen LogP contribution < -0.4 is 19.5 Å². The van der Waals surface area contributed by atoms with Crippen LogP contribution in [0.1, 0.15) is 15.9 Å². The Bertz CT molecular complexity index is 943. The van der Waals surface area contributed by atoms with Crippen LogP contribution in [-0.4, -0.2) is 43.3 Å². The fourth-order valence-corrected chi connectivity index (χ4v) is 3.07. The number of methoxy groups -OCH3 is 1. The van der Waals surface area contributed by atoms with E-state index >= 15 is 0 Å². The zero-order valence-corrected chi connectivity index (χ0v) is 16.4. The number of carbonyl (C=O) groups excluding carboxylic acids is 1. The van der Waals surface area contributed by atoms with Gasteiger partial charge < -0.3 is 24.6 Å². The van der Waals surface area contributed by atoms with Gasteiger partial charge in [-0.05, 0) is 48.0 Å². The van der Waals surface area contributed by atoms with E-state index in [0.29, 0.717) is 27.8 Å². The summed E-state index contributed by atoms with van der Waals surface area (Å²) in [6.07, 6.45) is 3.58. The molecule has 2 aromatic rings. The van der Waals surface area contributed by atoms with Gasteiger partial charge in [-0.1, -0.05) is 17.7 Å². The fraction of sp³-hybridized carbons (Fsp3) is 0.238. The van der Waals surface area contributed by atoms with Crippen LogP contribution >= 0.6 is 11.6 Å². The second-order valence-corrected chi connectivity index (χ2v) is 6.70. The maximum absolute atomic E-state index is 12.8. The minimum atomic E-state index is -1.16. The van der Waals surface area contributed by atoms with Gasteiger partial charge in [-0.25, -0.2) is 4.79 Å². The lowest BCUT2D eigenvalue weighted by Gasteiger charge is -2.18. The molecule has 7 nitrogen and oxygen atoms in total. The number of carboxylic acid groups (broad SMARTS) is 1. The van der Waals surface area contributed by atoms with Gasteiger partial charge in [0.1, 0.15) is 36.5 Å². The molecule has 2 aromatic carbocycles. The number of hydrogen-bond donors (Lipinski definition) is 2. The van der Waals surface area contributed by atoms with Gasteiger partial charge in [0.25, 0.3) is 5.91 Å². The van der Waals surface area contributed by atoms with E-state index in [9.17, 15) is 14.7 Å². The molecule has 0 unspecified atom stereocenters. The van der Waals surface area contributed by atoms with E-state index in [1.165, 1.54) is 13.2 Å². The molecular weight excluding hydrogens is 398 g/mol. The first-order valence-electron chi connectivity index (χ1n) is 8.88. The average Bonchev–Trinajstić information content (AvgIpc) is 2.70. The molecule has 2 aliphatic rings. The van der Waals surface area contributed by atoms with Crippen molar-refractivity contribution in [1.29, 1.82) is 0 Å². The molecule has 0 saturated heterocycles. The van der Waals surface area contributed by atoms with Gasteiger partial charge in [0.15, 0.2) is 0 Å². The molecule has 8 heteroatoms. The van der Waals surface area contributed by atoms with Crippen molar-refractivity contribution >= 4 is 23.5 Å². The van der Waals surface area contributed by atoms with Crippen LogP contribution in [0.5, 0.6) is 17.2 Å². The Morgan fingerprint density at radius 3 is 2.48 bits per heavy atom. The van der Waals surface area contributed by atoms with Gasteiger partial charge in [-0.2, -0.15) is 0 Å². The molecule has 2 heterocycles. The van der Waals surface area contributed by atoms with Crippen molar-refractivity contribution < 1.29 is 28.9 Å². The highest BCUT2D eigenvalue weighted by Crippen LogP contribution is 2.27.